The second-order valence-electron chi connectivity index (χ2n) is 5.25. The quantitative estimate of drug-likeness (QED) is 0.885. The Kier molecular flexibility index (Phi) is 3.84. The first-order valence-corrected chi connectivity index (χ1v) is 7.37. The van der Waals surface area contributed by atoms with E-state index in [1.165, 1.54) is 0 Å². The molecule has 1 fully saturated rings. The van der Waals surface area contributed by atoms with Crippen LogP contribution in [0.4, 0.5) is 0 Å². The zero-order chi connectivity index (χ0) is 14.8. The molecular weight excluding hydrogens is 268 g/mol. The third kappa shape index (κ3) is 2.74. The van der Waals surface area contributed by atoms with Crippen LogP contribution in [0.25, 0.3) is 11.0 Å². The van der Waals surface area contributed by atoms with Crippen molar-refractivity contribution in [3.05, 3.63) is 30.0 Å². The number of carbonyl (C=O) groups excluding carboxylic acids is 1. The second-order valence-corrected chi connectivity index (χ2v) is 5.25. The summed E-state index contributed by atoms with van der Waals surface area (Å²) in [5.41, 5.74) is 6.43. The Morgan fingerprint density at radius 1 is 1.43 bits per heavy atom. The van der Waals surface area contributed by atoms with Crippen molar-refractivity contribution in [3.8, 4) is 5.75 Å². The van der Waals surface area contributed by atoms with Crippen LogP contribution in [0.15, 0.2) is 28.7 Å². The Morgan fingerprint density at radius 2 is 2.19 bits per heavy atom. The summed E-state index contributed by atoms with van der Waals surface area (Å²) in [7, 11) is 0. The first kappa shape index (κ1) is 13.9. The molecule has 2 aromatic rings. The molecule has 1 aromatic heterocycles. The molecule has 0 bridgehead atoms. The molecule has 1 heterocycles. The SMILES string of the molecule is CCN(C(=O)COc1c(CN)oc2ccccc12)C1CC1. The summed E-state index contributed by atoms with van der Waals surface area (Å²) in [6.45, 7) is 3.00. The predicted octanol–water partition coefficient (Wildman–Crippen LogP) is 2.28. The normalized spacial score (nSPS) is 14.4. The molecule has 2 N–H and O–H groups in total. The van der Waals surface area contributed by atoms with Gasteiger partial charge in [-0.2, -0.15) is 0 Å². The van der Waals surface area contributed by atoms with Crippen molar-refractivity contribution < 1.29 is 13.9 Å². The smallest absolute Gasteiger partial charge is 0.260 e. The number of para-hydroxylation sites is 1. The van der Waals surface area contributed by atoms with Gasteiger partial charge in [-0.05, 0) is 31.9 Å². The number of nitrogens with zero attached hydrogens (tertiary/aromatic N) is 1. The number of ether oxygens (including phenoxy) is 1. The van der Waals surface area contributed by atoms with Crippen LogP contribution >= 0.6 is 0 Å². The summed E-state index contributed by atoms with van der Waals surface area (Å²) < 4.78 is 11.4. The van der Waals surface area contributed by atoms with Crippen molar-refractivity contribution in [2.24, 2.45) is 5.73 Å². The molecule has 5 nitrogen and oxygen atoms in total. The number of carbonyl (C=O) groups is 1. The molecule has 21 heavy (non-hydrogen) atoms. The fourth-order valence-corrected chi connectivity index (χ4v) is 2.61. The van der Waals surface area contributed by atoms with E-state index >= 15 is 0 Å². The molecule has 0 aliphatic heterocycles. The maximum absolute atomic E-state index is 12.2. The number of fused-ring (bicyclic) bond motifs is 1. The zero-order valence-corrected chi connectivity index (χ0v) is 12.2. The number of hydrogen-bond donors (Lipinski definition) is 1. The third-order valence-corrected chi connectivity index (χ3v) is 3.79. The van der Waals surface area contributed by atoms with Crippen LogP contribution < -0.4 is 10.5 Å². The van der Waals surface area contributed by atoms with E-state index in [9.17, 15) is 4.79 Å². The van der Waals surface area contributed by atoms with E-state index in [0.29, 0.717) is 17.6 Å². The third-order valence-electron chi connectivity index (χ3n) is 3.79. The van der Waals surface area contributed by atoms with E-state index in [1.54, 1.807) is 0 Å². The molecule has 1 aliphatic carbocycles. The average molecular weight is 288 g/mol. The first-order chi connectivity index (χ1) is 10.2. The highest BCUT2D eigenvalue weighted by molar-refractivity contribution is 5.86. The Labute approximate surface area is 123 Å². The lowest BCUT2D eigenvalue weighted by Crippen LogP contribution is -2.36. The number of nitrogens with two attached hydrogens (primary N) is 1. The number of likely N-dealkylation sites (N-methyl/N-ethyl adjacent to an activating group) is 1. The summed E-state index contributed by atoms with van der Waals surface area (Å²) in [4.78, 5) is 14.1. The molecule has 0 atom stereocenters. The van der Waals surface area contributed by atoms with E-state index in [2.05, 4.69) is 0 Å². The van der Waals surface area contributed by atoms with E-state index in [-0.39, 0.29) is 19.1 Å². The van der Waals surface area contributed by atoms with Gasteiger partial charge in [-0.25, -0.2) is 0 Å². The maximum Gasteiger partial charge on any atom is 0.260 e. The number of hydrogen-bond acceptors (Lipinski definition) is 4. The fraction of sp³-hybridized carbons (Fsp3) is 0.438. The minimum Gasteiger partial charge on any atom is -0.479 e. The van der Waals surface area contributed by atoms with E-state index < -0.39 is 0 Å². The van der Waals surface area contributed by atoms with Crippen molar-refractivity contribution in [3.63, 3.8) is 0 Å². The highest BCUT2D eigenvalue weighted by atomic mass is 16.5. The summed E-state index contributed by atoms with van der Waals surface area (Å²) in [5, 5.41) is 0.861. The van der Waals surface area contributed by atoms with Gasteiger partial charge in [0.15, 0.2) is 18.1 Å². The topological polar surface area (TPSA) is 68.7 Å². The zero-order valence-electron chi connectivity index (χ0n) is 12.2. The number of furan rings is 1. The average Bonchev–Trinajstić information content (AvgIpc) is 3.26. The molecule has 3 rings (SSSR count). The molecule has 1 aliphatic rings. The van der Waals surface area contributed by atoms with Gasteiger partial charge in [-0.1, -0.05) is 12.1 Å². The molecule has 0 radical (unpaired) electrons. The van der Waals surface area contributed by atoms with Gasteiger partial charge in [-0.3, -0.25) is 4.79 Å². The summed E-state index contributed by atoms with van der Waals surface area (Å²) >= 11 is 0. The number of amides is 1. The van der Waals surface area contributed by atoms with Gasteiger partial charge in [-0.15, -0.1) is 0 Å². The van der Waals surface area contributed by atoms with Crippen LogP contribution in [0.1, 0.15) is 25.5 Å². The Hall–Kier alpha value is -2.01. The Bertz CT molecular complexity index is 646. The van der Waals surface area contributed by atoms with Gasteiger partial charge in [0.1, 0.15) is 5.58 Å². The van der Waals surface area contributed by atoms with Crippen molar-refractivity contribution in [1.29, 1.82) is 0 Å². The molecule has 1 aromatic carbocycles. The van der Waals surface area contributed by atoms with Crippen LogP contribution in [-0.2, 0) is 11.3 Å². The van der Waals surface area contributed by atoms with Gasteiger partial charge >= 0.3 is 0 Å². The standard InChI is InChI=1S/C16H20N2O3/c1-2-18(11-7-8-11)15(19)10-20-16-12-5-3-4-6-13(12)21-14(16)9-17/h3-6,11H,2,7-10,17H2,1H3. The van der Waals surface area contributed by atoms with Crippen molar-refractivity contribution in [1.82, 2.24) is 4.90 Å². The van der Waals surface area contributed by atoms with Crippen molar-refractivity contribution in [2.45, 2.75) is 32.4 Å². The second kappa shape index (κ2) is 5.77. The van der Waals surface area contributed by atoms with Gasteiger partial charge in [0, 0.05) is 12.6 Å². The lowest BCUT2D eigenvalue weighted by molar-refractivity contribution is -0.133. The minimum absolute atomic E-state index is 0.0215. The lowest BCUT2D eigenvalue weighted by atomic mass is 10.2. The van der Waals surface area contributed by atoms with Gasteiger partial charge in [0.05, 0.1) is 11.9 Å². The maximum atomic E-state index is 12.2. The number of rotatable bonds is 6. The van der Waals surface area contributed by atoms with E-state index in [0.717, 1.165) is 30.4 Å². The Balaban J connectivity index is 1.76. The molecule has 1 amide bonds. The minimum atomic E-state index is 0.0215. The molecular formula is C16H20N2O3. The van der Waals surface area contributed by atoms with Gasteiger partial charge < -0.3 is 19.8 Å². The lowest BCUT2D eigenvalue weighted by Gasteiger charge is -2.20. The molecule has 5 heteroatoms. The van der Waals surface area contributed by atoms with E-state index in [1.807, 2.05) is 36.1 Å². The van der Waals surface area contributed by atoms with Gasteiger partial charge in [0.2, 0.25) is 0 Å². The highest BCUT2D eigenvalue weighted by Gasteiger charge is 2.31. The van der Waals surface area contributed by atoms with Crippen LogP contribution in [0.5, 0.6) is 5.75 Å². The molecule has 0 unspecified atom stereocenters. The van der Waals surface area contributed by atoms with Crippen LogP contribution in [-0.4, -0.2) is 30.0 Å². The molecule has 1 saturated carbocycles. The number of benzene rings is 1. The fourth-order valence-electron chi connectivity index (χ4n) is 2.61. The first-order valence-electron chi connectivity index (χ1n) is 7.37. The Morgan fingerprint density at radius 3 is 2.86 bits per heavy atom. The predicted molar refractivity (Wildman–Crippen MR) is 80.0 cm³/mol. The summed E-state index contributed by atoms with van der Waals surface area (Å²) in [6, 6.07) is 7.99. The van der Waals surface area contributed by atoms with Crippen molar-refractivity contribution >= 4 is 16.9 Å². The largest absolute Gasteiger partial charge is 0.479 e. The molecule has 112 valence electrons. The summed E-state index contributed by atoms with van der Waals surface area (Å²) in [5.74, 6) is 1.19. The van der Waals surface area contributed by atoms with Crippen molar-refractivity contribution in [2.75, 3.05) is 13.2 Å². The molecule has 0 spiro atoms. The van der Waals surface area contributed by atoms with Crippen LogP contribution in [0.3, 0.4) is 0 Å². The van der Waals surface area contributed by atoms with Gasteiger partial charge in [0.25, 0.3) is 5.91 Å². The molecule has 0 saturated heterocycles. The van der Waals surface area contributed by atoms with Crippen LogP contribution in [0.2, 0.25) is 0 Å². The van der Waals surface area contributed by atoms with Crippen LogP contribution in [0, 0.1) is 0 Å². The monoisotopic (exact) mass is 288 g/mol. The summed E-state index contributed by atoms with van der Waals surface area (Å²) in [6.07, 6.45) is 2.20. The van der Waals surface area contributed by atoms with E-state index in [4.69, 9.17) is 14.9 Å². The highest BCUT2D eigenvalue weighted by Crippen LogP contribution is 2.33.